The Kier molecular flexibility index (Phi) is 5.37. The summed E-state index contributed by atoms with van der Waals surface area (Å²) < 4.78 is 27.5. The summed E-state index contributed by atoms with van der Waals surface area (Å²) >= 11 is 0. The van der Waals surface area contributed by atoms with Crippen molar-refractivity contribution in [2.24, 2.45) is 7.05 Å². The van der Waals surface area contributed by atoms with Crippen LogP contribution in [0.2, 0.25) is 0 Å². The molecular weight excluding hydrogens is 425 g/mol. The number of hydrogen-bond acceptors (Lipinski definition) is 6. The van der Waals surface area contributed by atoms with Crippen molar-refractivity contribution in [1.29, 1.82) is 0 Å². The van der Waals surface area contributed by atoms with E-state index < -0.39 is 11.9 Å². The number of rotatable bonds is 5. The van der Waals surface area contributed by atoms with Gasteiger partial charge in [-0.15, -0.1) is 10.2 Å². The Morgan fingerprint density at radius 3 is 2.61 bits per heavy atom. The van der Waals surface area contributed by atoms with E-state index in [0.29, 0.717) is 31.0 Å². The highest BCUT2D eigenvalue weighted by molar-refractivity contribution is 5.81. The van der Waals surface area contributed by atoms with Crippen molar-refractivity contribution in [3.8, 4) is 28.8 Å². The molecule has 1 aliphatic heterocycles. The second-order valence-corrected chi connectivity index (χ2v) is 7.87. The summed E-state index contributed by atoms with van der Waals surface area (Å²) in [7, 11) is 1.84. The lowest BCUT2D eigenvalue weighted by molar-refractivity contribution is -0.138. The zero-order valence-corrected chi connectivity index (χ0v) is 18.2. The maximum absolute atomic E-state index is 14.1. The van der Waals surface area contributed by atoms with E-state index in [1.807, 2.05) is 37.4 Å². The summed E-state index contributed by atoms with van der Waals surface area (Å²) in [6.07, 6.45) is 0.00172. The molecule has 9 heteroatoms. The largest absolute Gasteiger partial charge is 0.481 e. The van der Waals surface area contributed by atoms with E-state index in [2.05, 4.69) is 15.3 Å². The van der Waals surface area contributed by atoms with Gasteiger partial charge in [0.15, 0.2) is 11.8 Å². The normalized spacial score (nSPS) is 14.1. The third kappa shape index (κ3) is 3.97. The van der Waals surface area contributed by atoms with Crippen molar-refractivity contribution < 1.29 is 18.3 Å². The molecule has 0 saturated heterocycles. The van der Waals surface area contributed by atoms with Gasteiger partial charge in [-0.1, -0.05) is 30.3 Å². The molecule has 0 saturated carbocycles. The monoisotopic (exact) mass is 447 g/mol. The molecule has 0 N–H and O–H groups in total. The lowest BCUT2D eigenvalue weighted by Gasteiger charge is -2.29. The Bertz CT molecular complexity index is 1300. The number of carbonyl (C=O) groups excluding carboxylic acids is 1. The van der Waals surface area contributed by atoms with E-state index in [-0.39, 0.29) is 23.3 Å². The van der Waals surface area contributed by atoms with Gasteiger partial charge < -0.3 is 14.1 Å². The standard InChI is InChI=1S/C24H22FN5O3/c1-15(32-16-8-4-3-5-9-16)24(31)30-13-12-20-18(14-30)21(28-29(20)2)23-27-26-22(33-23)17-10-6-7-11-19(17)25/h3-11,15H,12-14H2,1-2H3. The number of halogens is 1. The summed E-state index contributed by atoms with van der Waals surface area (Å²) in [5, 5.41) is 12.7. The number of carbonyl (C=O) groups is 1. The molecule has 2 aromatic heterocycles. The predicted octanol–water partition coefficient (Wildman–Crippen LogP) is 3.63. The van der Waals surface area contributed by atoms with Crippen molar-refractivity contribution in [3.63, 3.8) is 0 Å². The second kappa shape index (κ2) is 8.50. The Hall–Kier alpha value is -4.01. The maximum atomic E-state index is 14.1. The first-order chi connectivity index (χ1) is 16.0. The predicted molar refractivity (Wildman–Crippen MR) is 118 cm³/mol. The number of amides is 1. The van der Waals surface area contributed by atoms with Crippen LogP contribution in [0.1, 0.15) is 18.2 Å². The number of nitrogens with zero attached hydrogens (tertiary/aromatic N) is 5. The highest BCUT2D eigenvalue weighted by Gasteiger charge is 2.31. The molecule has 33 heavy (non-hydrogen) atoms. The molecule has 1 amide bonds. The number of ether oxygens (including phenoxy) is 1. The van der Waals surface area contributed by atoms with Crippen LogP contribution in [0.5, 0.6) is 5.75 Å². The quantitative estimate of drug-likeness (QED) is 0.464. The minimum Gasteiger partial charge on any atom is -0.481 e. The highest BCUT2D eigenvalue weighted by Crippen LogP contribution is 2.31. The molecule has 0 radical (unpaired) electrons. The molecule has 1 aliphatic rings. The van der Waals surface area contributed by atoms with Gasteiger partial charge in [0.05, 0.1) is 5.56 Å². The number of fused-ring (bicyclic) bond motifs is 1. The van der Waals surface area contributed by atoms with E-state index in [0.717, 1.165) is 11.3 Å². The lowest BCUT2D eigenvalue weighted by Crippen LogP contribution is -2.43. The average Bonchev–Trinajstić information content (AvgIpc) is 3.44. The van der Waals surface area contributed by atoms with Crippen LogP contribution in [0.3, 0.4) is 0 Å². The fourth-order valence-corrected chi connectivity index (χ4v) is 4.03. The lowest BCUT2D eigenvalue weighted by atomic mass is 10.0. The SMILES string of the molecule is CC(Oc1ccccc1)C(=O)N1CCc2c(c(-c3nnc(-c4ccccc4F)o3)nn2C)C1. The fraction of sp³-hybridized carbons (Fsp3) is 0.250. The third-order valence-corrected chi connectivity index (χ3v) is 5.69. The van der Waals surface area contributed by atoms with Crippen LogP contribution in [-0.2, 0) is 24.8 Å². The molecule has 1 unspecified atom stereocenters. The summed E-state index contributed by atoms with van der Waals surface area (Å²) in [6.45, 7) is 2.64. The summed E-state index contributed by atoms with van der Waals surface area (Å²) in [5.41, 5.74) is 2.56. The number of aromatic nitrogens is 4. The first-order valence-electron chi connectivity index (χ1n) is 10.7. The van der Waals surface area contributed by atoms with Crippen LogP contribution in [0, 0.1) is 5.82 Å². The smallest absolute Gasteiger partial charge is 0.268 e. The number of hydrogen-bond donors (Lipinski definition) is 0. The molecular formula is C24H22FN5O3. The Labute approximate surface area is 189 Å². The van der Waals surface area contributed by atoms with E-state index in [9.17, 15) is 9.18 Å². The van der Waals surface area contributed by atoms with Crippen molar-refractivity contribution in [2.45, 2.75) is 26.0 Å². The van der Waals surface area contributed by atoms with Crippen LogP contribution >= 0.6 is 0 Å². The molecule has 5 rings (SSSR count). The van der Waals surface area contributed by atoms with Crippen molar-refractivity contribution in [2.75, 3.05) is 6.54 Å². The molecule has 0 aliphatic carbocycles. The topological polar surface area (TPSA) is 86.3 Å². The third-order valence-electron chi connectivity index (χ3n) is 5.69. The molecule has 1 atom stereocenters. The molecule has 4 aromatic rings. The van der Waals surface area contributed by atoms with Crippen LogP contribution in [0.15, 0.2) is 59.0 Å². The van der Waals surface area contributed by atoms with Gasteiger partial charge in [0.25, 0.3) is 17.7 Å². The zero-order valence-electron chi connectivity index (χ0n) is 18.2. The number of para-hydroxylation sites is 1. The van der Waals surface area contributed by atoms with E-state index in [1.54, 1.807) is 34.7 Å². The van der Waals surface area contributed by atoms with Gasteiger partial charge >= 0.3 is 0 Å². The first kappa shape index (κ1) is 20.9. The molecule has 168 valence electrons. The average molecular weight is 447 g/mol. The molecule has 3 heterocycles. The summed E-state index contributed by atoms with van der Waals surface area (Å²) in [6, 6.07) is 15.5. The minimum atomic E-state index is -0.634. The Balaban J connectivity index is 1.39. The van der Waals surface area contributed by atoms with E-state index >= 15 is 0 Å². The summed E-state index contributed by atoms with van der Waals surface area (Å²) in [5.74, 6) is 0.352. The Morgan fingerprint density at radius 1 is 1.09 bits per heavy atom. The molecule has 8 nitrogen and oxygen atoms in total. The highest BCUT2D eigenvalue weighted by atomic mass is 19.1. The summed E-state index contributed by atoms with van der Waals surface area (Å²) in [4.78, 5) is 14.8. The fourth-order valence-electron chi connectivity index (χ4n) is 4.03. The van der Waals surface area contributed by atoms with Gasteiger partial charge in [-0.25, -0.2) is 4.39 Å². The number of aryl methyl sites for hydroxylation is 1. The van der Waals surface area contributed by atoms with Crippen LogP contribution in [0.25, 0.3) is 23.0 Å². The van der Waals surface area contributed by atoms with Gasteiger partial charge in [-0.3, -0.25) is 9.48 Å². The molecule has 2 aromatic carbocycles. The van der Waals surface area contributed by atoms with Crippen molar-refractivity contribution >= 4 is 5.91 Å². The Morgan fingerprint density at radius 2 is 1.82 bits per heavy atom. The zero-order chi connectivity index (χ0) is 22.9. The van der Waals surface area contributed by atoms with Crippen LogP contribution < -0.4 is 4.74 Å². The number of benzene rings is 2. The first-order valence-corrected chi connectivity index (χ1v) is 10.7. The van der Waals surface area contributed by atoms with Crippen LogP contribution in [0.4, 0.5) is 4.39 Å². The maximum Gasteiger partial charge on any atom is 0.268 e. The van der Waals surface area contributed by atoms with E-state index in [1.165, 1.54) is 6.07 Å². The van der Waals surface area contributed by atoms with Crippen molar-refractivity contribution in [1.82, 2.24) is 24.9 Å². The van der Waals surface area contributed by atoms with Gasteiger partial charge in [-0.05, 0) is 31.2 Å². The molecule has 0 fully saturated rings. The molecule has 0 bridgehead atoms. The second-order valence-electron chi connectivity index (χ2n) is 7.87. The van der Waals surface area contributed by atoms with Gasteiger partial charge in [0.2, 0.25) is 0 Å². The minimum absolute atomic E-state index is 0.0797. The molecule has 0 spiro atoms. The van der Waals surface area contributed by atoms with Crippen molar-refractivity contribution in [3.05, 3.63) is 71.7 Å². The van der Waals surface area contributed by atoms with Gasteiger partial charge in [0.1, 0.15) is 11.6 Å². The van der Waals surface area contributed by atoms with Crippen LogP contribution in [-0.4, -0.2) is 43.4 Å². The van der Waals surface area contributed by atoms with Gasteiger partial charge in [0, 0.05) is 37.8 Å². The van der Waals surface area contributed by atoms with Gasteiger partial charge in [-0.2, -0.15) is 5.10 Å². The van der Waals surface area contributed by atoms with E-state index in [4.69, 9.17) is 9.15 Å².